The predicted molar refractivity (Wildman–Crippen MR) is 65.4 cm³/mol. The Balaban J connectivity index is 1.71. The first-order valence-electron chi connectivity index (χ1n) is 6.09. The van der Waals surface area contributed by atoms with Crippen molar-refractivity contribution in [1.29, 1.82) is 0 Å². The van der Waals surface area contributed by atoms with Gasteiger partial charge in [-0.1, -0.05) is 18.9 Å². The van der Waals surface area contributed by atoms with E-state index in [1.54, 1.807) is 0 Å². The standard InChI is InChI=1S/C13H20N2O/c1-14-13-7-6-12(8-15-13)10-16-9-11-4-2-3-5-11/h6-8,11H,2-5,9-10H2,1H3,(H,14,15). The first kappa shape index (κ1) is 11.4. The number of pyridine rings is 1. The average molecular weight is 220 g/mol. The Morgan fingerprint density at radius 1 is 1.38 bits per heavy atom. The van der Waals surface area contributed by atoms with E-state index >= 15 is 0 Å². The van der Waals surface area contributed by atoms with E-state index < -0.39 is 0 Å². The zero-order valence-electron chi connectivity index (χ0n) is 9.91. The van der Waals surface area contributed by atoms with E-state index in [2.05, 4.69) is 16.4 Å². The maximum absolute atomic E-state index is 5.72. The van der Waals surface area contributed by atoms with Crippen molar-refractivity contribution in [2.45, 2.75) is 32.3 Å². The lowest BCUT2D eigenvalue weighted by atomic mass is 10.1. The lowest BCUT2D eigenvalue weighted by Gasteiger charge is -2.09. The molecule has 0 unspecified atom stereocenters. The van der Waals surface area contributed by atoms with Gasteiger partial charge in [0.1, 0.15) is 5.82 Å². The van der Waals surface area contributed by atoms with Crippen molar-refractivity contribution < 1.29 is 4.74 Å². The molecule has 0 saturated heterocycles. The van der Waals surface area contributed by atoms with Gasteiger partial charge in [-0.3, -0.25) is 0 Å². The number of hydrogen-bond donors (Lipinski definition) is 1. The molecule has 0 aliphatic heterocycles. The summed E-state index contributed by atoms with van der Waals surface area (Å²) in [5.41, 5.74) is 1.15. The van der Waals surface area contributed by atoms with Crippen molar-refractivity contribution in [3.05, 3.63) is 23.9 Å². The van der Waals surface area contributed by atoms with Crippen molar-refractivity contribution in [3.63, 3.8) is 0 Å². The number of aromatic nitrogens is 1. The van der Waals surface area contributed by atoms with Gasteiger partial charge in [-0.05, 0) is 30.4 Å². The van der Waals surface area contributed by atoms with Crippen LogP contribution in [-0.4, -0.2) is 18.6 Å². The minimum absolute atomic E-state index is 0.688. The van der Waals surface area contributed by atoms with Crippen LogP contribution < -0.4 is 5.32 Å². The van der Waals surface area contributed by atoms with Crippen LogP contribution >= 0.6 is 0 Å². The van der Waals surface area contributed by atoms with E-state index in [1.165, 1.54) is 25.7 Å². The number of anilines is 1. The van der Waals surface area contributed by atoms with Crippen LogP contribution in [0.3, 0.4) is 0 Å². The smallest absolute Gasteiger partial charge is 0.125 e. The molecule has 0 amide bonds. The summed E-state index contributed by atoms with van der Waals surface area (Å²) < 4.78 is 5.72. The maximum atomic E-state index is 5.72. The normalized spacial score (nSPS) is 16.6. The zero-order chi connectivity index (χ0) is 11.2. The van der Waals surface area contributed by atoms with Crippen molar-refractivity contribution in [1.82, 2.24) is 4.98 Å². The van der Waals surface area contributed by atoms with Gasteiger partial charge < -0.3 is 10.1 Å². The summed E-state index contributed by atoms with van der Waals surface area (Å²) >= 11 is 0. The van der Waals surface area contributed by atoms with Gasteiger partial charge in [0.05, 0.1) is 6.61 Å². The van der Waals surface area contributed by atoms with Gasteiger partial charge >= 0.3 is 0 Å². The molecule has 1 aromatic rings. The highest BCUT2D eigenvalue weighted by atomic mass is 16.5. The van der Waals surface area contributed by atoms with Gasteiger partial charge in [0, 0.05) is 19.9 Å². The van der Waals surface area contributed by atoms with E-state index in [9.17, 15) is 0 Å². The van der Waals surface area contributed by atoms with Crippen LogP contribution in [0.1, 0.15) is 31.2 Å². The van der Waals surface area contributed by atoms with E-state index in [-0.39, 0.29) is 0 Å². The fraction of sp³-hybridized carbons (Fsp3) is 0.615. The third-order valence-corrected chi connectivity index (χ3v) is 3.18. The van der Waals surface area contributed by atoms with Gasteiger partial charge in [0.25, 0.3) is 0 Å². The van der Waals surface area contributed by atoms with E-state index in [1.807, 2.05) is 19.3 Å². The molecule has 1 saturated carbocycles. The molecule has 1 fully saturated rings. The first-order valence-corrected chi connectivity index (χ1v) is 6.09. The van der Waals surface area contributed by atoms with E-state index in [4.69, 9.17) is 4.74 Å². The molecule has 16 heavy (non-hydrogen) atoms. The lowest BCUT2D eigenvalue weighted by Crippen LogP contribution is -2.05. The Bertz CT molecular complexity index is 304. The fourth-order valence-corrected chi connectivity index (χ4v) is 2.18. The fourth-order valence-electron chi connectivity index (χ4n) is 2.18. The summed E-state index contributed by atoms with van der Waals surface area (Å²) in [6.07, 6.45) is 7.33. The quantitative estimate of drug-likeness (QED) is 0.828. The van der Waals surface area contributed by atoms with Crippen LogP contribution in [0.4, 0.5) is 5.82 Å². The average Bonchev–Trinajstić information content (AvgIpc) is 2.83. The van der Waals surface area contributed by atoms with Crippen molar-refractivity contribution >= 4 is 5.82 Å². The second-order valence-corrected chi connectivity index (χ2v) is 4.47. The second-order valence-electron chi connectivity index (χ2n) is 4.47. The Kier molecular flexibility index (Phi) is 4.17. The maximum Gasteiger partial charge on any atom is 0.125 e. The Morgan fingerprint density at radius 3 is 2.81 bits per heavy atom. The summed E-state index contributed by atoms with van der Waals surface area (Å²) in [7, 11) is 1.87. The van der Waals surface area contributed by atoms with Crippen LogP contribution in [-0.2, 0) is 11.3 Å². The molecule has 2 rings (SSSR count). The molecule has 0 radical (unpaired) electrons. The number of nitrogens with one attached hydrogen (secondary N) is 1. The zero-order valence-corrected chi connectivity index (χ0v) is 9.91. The third-order valence-electron chi connectivity index (χ3n) is 3.18. The highest BCUT2D eigenvalue weighted by molar-refractivity contribution is 5.34. The summed E-state index contributed by atoms with van der Waals surface area (Å²) in [4.78, 5) is 4.26. The SMILES string of the molecule is CNc1ccc(COCC2CCCC2)cn1. The molecular formula is C13H20N2O. The lowest BCUT2D eigenvalue weighted by molar-refractivity contribution is 0.0887. The van der Waals surface area contributed by atoms with Crippen LogP contribution in [0.5, 0.6) is 0 Å². The summed E-state index contributed by atoms with van der Waals surface area (Å²) in [5, 5.41) is 3.00. The second kappa shape index (κ2) is 5.85. The van der Waals surface area contributed by atoms with Crippen LogP contribution in [0, 0.1) is 5.92 Å². The van der Waals surface area contributed by atoms with E-state index in [0.717, 1.165) is 23.9 Å². The molecule has 0 aromatic carbocycles. The summed E-state index contributed by atoms with van der Waals surface area (Å²) in [6, 6.07) is 4.04. The van der Waals surface area contributed by atoms with Gasteiger partial charge in [-0.2, -0.15) is 0 Å². The number of hydrogen-bond acceptors (Lipinski definition) is 3. The van der Waals surface area contributed by atoms with Gasteiger partial charge in [0.15, 0.2) is 0 Å². The molecule has 88 valence electrons. The molecule has 3 heteroatoms. The number of nitrogens with zero attached hydrogens (tertiary/aromatic N) is 1. The van der Waals surface area contributed by atoms with Crippen LogP contribution in [0.2, 0.25) is 0 Å². The van der Waals surface area contributed by atoms with Crippen molar-refractivity contribution in [2.24, 2.45) is 5.92 Å². The minimum Gasteiger partial charge on any atom is -0.376 e. The van der Waals surface area contributed by atoms with Crippen LogP contribution in [0.15, 0.2) is 18.3 Å². The Hall–Kier alpha value is -1.09. The molecule has 0 atom stereocenters. The Labute approximate surface area is 97.2 Å². The van der Waals surface area contributed by atoms with Gasteiger partial charge in [0.2, 0.25) is 0 Å². The van der Waals surface area contributed by atoms with Crippen molar-refractivity contribution in [2.75, 3.05) is 19.0 Å². The predicted octanol–water partition coefficient (Wildman–Crippen LogP) is 2.83. The first-order chi connectivity index (χ1) is 7.88. The molecular weight excluding hydrogens is 200 g/mol. The van der Waals surface area contributed by atoms with Gasteiger partial charge in [-0.15, -0.1) is 0 Å². The largest absolute Gasteiger partial charge is 0.376 e. The van der Waals surface area contributed by atoms with Crippen molar-refractivity contribution in [3.8, 4) is 0 Å². The van der Waals surface area contributed by atoms with Gasteiger partial charge in [-0.25, -0.2) is 4.98 Å². The molecule has 1 aliphatic carbocycles. The Morgan fingerprint density at radius 2 is 2.19 bits per heavy atom. The number of ether oxygens (including phenoxy) is 1. The molecule has 3 nitrogen and oxygen atoms in total. The topological polar surface area (TPSA) is 34.1 Å². The highest BCUT2D eigenvalue weighted by Gasteiger charge is 2.14. The number of rotatable bonds is 5. The van der Waals surface area contributed by atoms with Crippen LogP contribution in [0.25, 0.3) is 0 Å². The minimum atomic E-state index is 0.688. The third kappa shape index (κ3) is 3.20. The van der Waals surface area contributed by atoms with E-state index in [0.29, 0.717) is 6.61 Å². The molecule has 1 heterocycles. The molecule has 1 N–H and O–H groups in total. The summed E-state index contributed by atoms with van der Waals surface area (Å²) in [6.45, 7) is 1.60. The monoisotopic (exact) mass is 220 g/mol. The molecule has 1 aliphatic rings. The highest BCUT2D eigenvalue weighted by Crippen LogP contribution is 2.24. The molecule has 0 bridgehead atoms. The molecule has 0 spiro atoms. The summed E-state index contributed by atoms with van der Waals surface area (Å²) in [5.74, 6) is 1.70. The molecule has 1 aromatic heterocycles.